The summed E-state index contributed by atoms with van der Waals surface area (Å²) in [6, 6.07) is 19.6. The van der Waals surface area contributed by atoms with Crippen LogP contribution in [0.1, 0.15) is 42.5 Å². The van der Waals surface area contributed by atoms with E-state index in [-0.39, 0.29) is 11.8 Å². The SMILES string of the molecule is Cc1ccc2c(c1)N1C(=CC2C)CS/C1=N\C(=S)NNC(C)c1ccc(-c2ncn(-c3ccc(OC(F)(F)F)cc3)n2)cc1. The number of rotatable bonds is 6. The average Bonchev–Trinajstić information content (AvgIpc) is 3.63. The van der Waals surface area contributed by atoms with Crippen molar-refractivity contribution in [3.63, 3.8) is 0 Å². The first-order valence-electron chi connectivity index (χ1n) is 13.8. The molecular formula is C31H28F3N7OS2. The van der Waals surface area contributed by atoms with Crippen LogP contribution in [0.5, 0.6) is 5.75 Å². The van der Waals surface area contributed by atoms with Crippen LogP contribution in [-0.4, -0.2) is 37.2 Å². The second-order valence-electron chi connectivity index (χ2n) is 10.5. The molecule has 2 aliphatic heterocycles. The number of hydrazine groups is 1. The van der Waals surface area contributed by atoms with Crippen LogP contribution in [0.25, 0.3) is 17.1 Å². The Labute approximate surface area is 262 Å². The number of alkyl halides is 3. The van der Waals surface area contributed by atoms with Crippen molar-refractivity contribution in [3.05, 3.63) is 102 Å². The van der Waals surface area contributed by atoms with Crippen molar-refractivity contribution in [2.45, 2.75) is 39.1 Å². The fourth-order valence-corrected chi connectivity index (χ4v) is 6.28. The second-order valence-corrected chi connectivity index (χ2v) is 11.8. The van der Waals surface area contributed by atoms with Gasteiger partial charge in [-0.2, -0.15) is 4.99 Å². The Balaban J connectivity index is 1.07. The monoisotopic (exact) mass is 635 g/mol. The number of nitrogens with zero attached hydrogens (tertiary/aromatic N) is 5. The summed E-state index contributed by atoms with van der Waals surface area (Å²) in [5.41, 5.74) is 13.5. The molecule has 2 unspecified atom stereocenters. The fourth-order valence-electron chi connectivity index (χ4n) is 5.07. The minimum Gasteiger partial charge on any atom is -0.406 e. The van der Waals surface area contributed by atoms with Gasteiger partial charge in [0.15, 0.2) is 11.0 Å². The number of thiocarbonyl (C=S) groups is 1. The lowest BCUT2D eigenvalue weighted by molar-refractivity contribution is -0.274. The van der Waals surface area contributed by atoms with E-state index in [1.165, 1.54) is 52.1 Å². The molecule has 4 aromatic rings. The Hall–Kier alpha value is -4.20. The summed E-state index contributed by atoms with van der Waals surface area (Å²) in [5.74, 6) is 1.38. The predicted molar refractivity (Wildman–Crippen MR) is 171 cm³/mol. The van der Waals surface area contributed by atoms with Gasteiger partial charge in [-0.15, -0.1) is 18.3 Å². The number of ether oxygens (including phenoxy) is 1. The molecule has 0 saturated carbocycles. The van der Waals surface area contributed by atoms with E-state index in [2.05, 4.69) is 68.7 Å². The van der Waals surface area contributed by atoms with Gasteiger partial charge in [-0.05, 0) is 73.1 Å². The van der Waals surface area contributed by atoms with Gasteiger partial charge in [0.05, 0.1) is 11.4 Å². The zero-order valence-electron chi connectivity index (χ0n) is 24.0. The lowest BCUT2D eigenvalue weighted by Crippen LogP contribution is -2.38. The standard InChI is InChI=1S/C31H28F3N7OS2/c1-18-4-13-26-19(2)15-24-16-44-30(41(24)27(26)14-18)36-29(43)38-37-20(3)21-5-7-22(8-6-21)28-35-17-40(39-28)23-9-11-25(12-10-23)42-31(32,33)34/h4-15,17,19-20,37H,16H2,1-3H3,(H,38,43)/b36-30-. The van der Waals surface area contributed by atoms with Crippen LogP contribution in [-0.2, 0) is 0 Å². The van der Waals surface area contributed by atoms with Crippen LogP contribution in [0.3, 0.4) is 0 Å². The maximum atomic E-state index is 12.4. The van der Waals surface area contributed by atoms with Gasteiger partial charge in [0.2, 0.25) is 5.11 Å². The largest absolute Gasteiger partial charge is 0.573 e. The molecule has 1 aromatic heterocycles. The number of anilines is 1. The minimum atomic E-state index is -4.74. The second kappa shape index (κ2) is 12.1. The van der Waals surface area contributed by atoms with Crippen molar-refractivity contribution < 1.29 is 17.9 Å². The van der Waals surface area contributed by atoms with Crippen molar-refractivity contribution in [3.8, 4) is 22.8 Å². The van der Waals surface area contributed by atoms with Crippen LogP contribution < -0.4 is 20.5 Å². The number of fused-ring (bicyclic) bond motifs is 3. The molecule has 8 nitrogen and oxygen atoms in total. The van der Waals surface area contributed by atoms with E-state index in [4.69, 9.17) is 17.2 Å². The van der Waals surface area contributed by atoms with Gasteiger partial charge in [0.25, 0.3) is 0 Å². The third kappa shape index (κ3) is 6.49. The van der Waals surface area contributed by atoms with Gasteiger partial charge in [0.1, 0.15) is 12.1 Å². The molecule has 226 valence electrons. The lowest BCUT2D eigenvalue weighted by Gasteiger charge is -2.30. The predicted octanol–water partition coefficient (Wildman–Crippen LogP) is 7.19. The third-order valence-electron chi connectivity index (χ3n) is 7.28. The summed E-state index contributed by atoms with van der Waals surface area (Å²) in [4.78, 5) is 11.3. The molecule has 1 fully saturated rings. The maximum absolute atomic E-state index is 12.4. The highest BCUT2D eigenvalue weighted by Gasteiger charge is 2.33. The summed E-state index contributed by atoms with van der Waals surface area (Å²) < 4.78 is 42.7. The van der Waals surface area contributed by atoms with Crippen molar-refractivity contribution >= 4 is 39.9 Å². The van der Waals surface area contributed by atoms with E-state index >= 15 is 0 Å². The smallest absolute Gasteiger partial charge is 0.406 e. The van der Waals surface area contributed by atoms with Crippen LogP contribution in [0.2, 0.25) is 0 Å². The third-order valence-corrected chi connectivity index (χ3v) is 8.44. The van der Waals surface area contributed by atoms with Crippen molar-refractivity contribution in [1.29, 1.82) is 0 Å². The number of halogens is 3. The lowest BCUT2D eigenvalue weighted by atomic mass is 9.93. The Kier molecular flexibility index (Phi) is 8.18. The van der Waals surface area contributed by atoms with E-state index in [9.17, 15) is 13.2 Å². The number of thioether (sulfide) groups is 1. The molecule has 0 aliphatic carbocycles. The highest BCUT2D eigenvalue weighted by Crippen LogP contribution is 2.43. The molecule has 44 heavy (non-hydrogen) atoms. The van der Waals surface area contributed by atoms with Crippen molar-refractivity contribution in [2.24, 2.45) is 4.99 Å². The molecule has 0 amide bonds. The summed E-state index contributed by atoms with van der Waals surface area (Å²) in [5, 5.41) is 5.66. The molecule has 0 radical (unpaired) electrons. The molecule has 0 bridgehead atoms. The van der Waals surface area contributed by atoms with E-state index < -0.39 is 6.36 Å². The first-order valence-corrected chi connectivity index (χ1v) is 15.2. The Bertz CT molecular complexity index is 1750. The van der Waals surface area contributed by atoms with E-state index in [0.717, 1.165) is 27.7 Å². The van der Waals surface area contributed by atoms with Gasteiger partial charge in [-0.25, -0.2) is 15.1 Å². The van der Waals surface area contributed by atoms with Gasteiger partial charge < -0.3 is 4.74 Å². The number of allylic oxidation sites excluding steroid dienone is 1. The summed E-state index contributed by atoms with van der Waals surface area (Å²) in [6.45, 7) is 6.32. The minimum absolute atomic E-state index is 0.0870. The molecule has 2 atom stereocenters. The Morgan fingerprint density at radius 2 is 1.86 bits per heavy atom. The zero-order valence-corrected chi connectivity index (χ0v) is 25.6. The Morgan fingerprint density at radius 1 is 1.11 bits per heavy atom. The summed E-state index contributed by atoms with van der Waals surface area (Å²) in [6.07, 6.45) is -0.944. The highest BCUT2D eigenvalue weighted by atomic mass is 32.2. The van der Waals surface area contributed by atoms with Gasteiger partial charge in [-0.1, -0.05) is 61.2 Å². The van der Waals surface area contributed by atoms with Crippen LogP contribution >= 0.6 is 24.0 Å². The summed E-state index contributed by atoms with van der Waals surface area (Å²) >= 11 is 7.23. The molecule has 0 spiro atoms. The number of nitrogens with one attached hydrogen (secondary N) is 2. The van der Waals surface area contributed by atoms with Crippen LogP contribution in [0, 0.1) is 6.92 Å². The van der Waals surface area contributed by atoms with Crippen LogP contribution in [0.15, 0.2) is 89.8 Å². The molecule has 2 aliphatic rings. The number of aryl methyl sites for hydroxylation is 1. The number of aliphatic imine (C=N–C) groups is 1. The summed E-state index contributed by atoms with van der Waals surface area (Å²) in [7, 11) is 0. The molecule has 2 N–H and O–H groups in total. The van der Waals surface area contributed by atoms with Gasteiger partial charge in [-0.3, -0.25) is 10.3 Å². The molecule has 13 heteroatoms. The van der Waals surface area contributed by atoms with Crippen LogP contribution in [0.4, 0.5) is 18.9 Å². The fraction of sp³-hybridized carbons (Fsp3) is 0.226. The number of amidine groups is 1. The first kappa shape index (κ1) is 29.9. The number of benzene rings is 3. The van der Waals surface area contributed by atoms with E-state index in [0.29, 0.717) is 22.5 Å². The Morgan fingerprint density at radius 3 is 2.59 bits per heavy atom. The average molecular weight is 636 g/mol. The topological polar surface area (TPSA) is 79.6 Å². The van der Waals surface area contributed by atoms with Gasteiger partial charge >= 0.3 is 6.36 Å². The molecule has 6 rings (SSSR count). The number of aromatic nitrogens is 3. The van der Waals surface area contributed by atoms with E-state index in [1.807, 2.05) is 31.2 Å². The zero-order chi connectivity index (χ0) is 31.0. The van der Waals surface area contributed by atoms with Gasteiger partial charge in [0, 0.05) is 29.0 Å². The highest BCUT2D eigenvalue weighted by molar-refractivity contribution is 8.14. The molecule has 3 aromatic carbocycles. The first-order chi connectivity index (χ1) is 21.0. The maximum Gasteiger partial charge on any atom is 0.573 e. The number of hydrogen-bond acceptors (Lipinski definition) is 6. The molecular weight excluding hydrogens is 608 g/mol. The van der Waals surface area contributed by atoms with E-state index in [1.54, 1.807) is 11.8 Å². The number of hydrogen-bond donors (Lipinski definition) is 2. The normalized spacial score (nSPS) is 17.6. The molecule has 3 heterocycles. The quantitative estimate of drug-likeness (QED) is 0.170. The van der Waals surface area contributed by atoms with Crippen molar-refractivity contribution in [2.75, 3.05) is 10.7 Å². The molecule has 1 saturated heterocycles. The van der Waals surface area contributed by atoms with Crippen molar-refractivity contribution in [1.82, 2.24) is 25.6 Å².